The van der Waals surface area contributed by atoms with E-state index in [4.69, 9.17) is 4.74 Å². The first-order chi connectivity index (χ1) is 10.6. The van der Waals surface area contributed by atoms with Crippen molar-refractivity contribution in [3.63, 3.8) is 0 Å². The van der Waals surface area contributed by atoms with E-state index in [-0.39, 0.29) is 18.0 Å². The molecule has 6 heteroatoms. The Hall–Kier alpha value is -2.63. The third-order valence-electron chi connectivity index (χ3n) is 3.39. The van der Waals surface area contributed by atoms with E-state index in [9.17, 15) is 14.9 Å². The van der Waals surface area contributed by atoms with Gasteiger partial charge in [0.2, 0.25) is 0 Å². The lowest BCUT2D eigenvalue weighted by Gasteiger charge is -2.11. The van der Waals surface area contributed by atoms with Gasteiger partial charge in [-0.1, -0.05) is 37.3 Å². The second kappa shape index (κ2) is 6.89. The molecule has 0 fully saturated rings. The van der Waals surface area contributed by atoms with Gasteiger partial charge in [0.05, 0.1) is 17.2 Å². The molecule has 0 saturated heterocycles. The summed E-state index contributed by atoms with van der Waals surface area (Å²) in [6.07, 6.45) is 0.461. The monoisotopic (exact) mass is 302 g/mol. The molecule has 1 aromatic carbocycles. The summed E-state index contributed by atoms with van der Waals surface area (Å²) in [7, 11) is 0. The van der Waals surface area contributed by atoms with Gasteiger partial charge in [0.15, 0.2) is 0 Å². The lowest BCUT2D eigenvalue weighted by atomic mass is 10.2. The molecule has 6 nitrogen and oxygen atoms in total. The molecule has 0 spiro atoms. The predicted molar refractivity (Wildman–Crippen MR) is 82.0 cm³/mol. The van der Waals surface area contributed by atoms with E-state index in [1.807, 2.05) is 37.3 Å². The Bertz CT molecular complexity index is 677. The van der Waals surface area contributed by atoms with Gasteiger partial charge in [-0.15, -0.1) is 0 Å². The molecular weight excluding hydrogens is 284 g/mol. The van der Waals surface area contributed by atoms with Crippen LogP contribution in [0.3, 0.4) is 0 Å². The quantitative estimate of drug-likeness (QED) is 0.466. The summed E-state index contributed by atoms with van der Waals surface area (Å²) in [5, 5.41) is 11.2. The van der Waals surface area contributed by atoms with Crippen LogP contribution in [0.2, 0.25) is 0 Å². The minimum atomic E-state index is -0.541. The summed E-state index contributed by atoms with van der Waals surface area (Å²) < 4.78 is 6.69. The summed E-state index contributed by atoms with van der Waals surface area (Å²) in [5.41, 5.74) is 1.67. The van der Waals surface area contributed by atoms with Gasteiger partial charge in [-0.3, -0.25) is 10.1 Å². The standard InChI is InChI=1S/C16H18N2O4/c1-3-13-14(18(20)21)10-15(16(19)22-4-2)17(13)11-12-8-6-5-7-9-12/h5-10H,3-4,11H2,1-2H3. The summed E-state index contributed by atoms with van der Waals surface area (Å²) in [5.74, 6) is -0.541. The van der Waals surface area contributed by atoms with E-state index >= 15 is 0 Å². The SMILES string of the molecule is CCOC(=O)c1cc([N+](=O)[O-])c(CC)n1Cc1ccccc1. The zero-order valence-corrected chi connectivity index (χ0v) is 12.6. The van der Waals surface area contributed by atoms with E-state index in [0.717, 1.165) is 5.56 Å². The minimum Gasteiger partial charge on any atom is -0.461 e. The highest BCUT2D eigenvalue weighted by Crippen LogP contribution is 2.26. The van der Waals surface area contributed by atoms with Crippen LogP contribution in [0, 0.1) is 10.1 Å². The number of aromatic nitrogens is 1. The average molecular weight is 302 g/mol. The maximum atomic E-state index is 12.1. The topological polar surface area (TPSA) is 74.4 Å². The fourth-order valence-corrected chi connectivity index (χ4v) is 2.43. The van der Waals surface area contributed by atoms with Gasteiger partial charge in [-0.2, -0.15) is 0 Å². The molecule has 0 unspecified atom stereocenters. The second-order valence-electron chi connectivity index (χ2n) is 4.76. The van der Waals surface area contributed by atoms with Crippen LogP contribution in [0.15, 0.2) is 36.4 Å². The van der Waals surface area contributed by atoms with Crippen LogP contribution in [0.5, 0.6) is 0 Å². The Balaban J connectivity index is 2.52. The number of carbonyl (C=O) groups is 1. The largest absolute Gasteiger partial charge is 0.461 e. The van der Waals surface area contributed by atoms with Crippen molar-refractivity contribution in [1.29, 1.82) is 0 Å². The van der Waals surface area contributed by atoms with Crippen LogP contribution < -0.4 is 0 Å². The molecular formula is C16H18N2O4. The van der Waals surface area contributed by atoms with Crippen molar-refractivity contribution in [2.24, 2.45) is 0 Å². The van der Waals surface area contributed by atoms with Crippen LogP contribution in [0.4, 0.5) is 5.69 Å². The Morgan fingerprint density at radius 2 is 1.95 bits per heavy atom. The first kappa shape index (κ1) is 15.8. The Morgan fingerprint density at radius 1 is 1.27 bits per heavy atom. The van der Waals surface area contributed by atoms with E-state index < -0.39 is 10.9 Å². The number of benzene rings is 1. The number of carbonyl (C=O) groups excluding carboxylic acids is 1. The lowest BCUT2D eigenvalue weighted by molar-refractivity contribution is -0.385. The van der Waals surface area contributed by atoms with Gasteiger partial charge in [-0.05, 0) is 18.9 Å². The highest BCUT2D eigenvalue weighted by atomic mass is 16.6. The van der Waals surface area contributed by atoms with Gasteiger partial charge in [0.25, 0.3) is 5.69 Å². The summed E-state index contributed by atoms with van der Waals surface area (Å²) in [6, 6.07) is 10.8. The van der Waals surface area contributed by atoms with Crippen molar-refractivity contribution in [3.05, 3.63) is 63.5 Å². The number of hydrogen-bond acceptors (Lipinski definition) is 4. The minimum absolute atomic E-state index is 0.0403. The van der Waals surface area contributed by atoms with E-state index in [0.29, 0.717) is 18.7 Å². The highest BCUT2D eigenvalue weighted by Gasteiger charge is 2.26. The number of ether oxygens (including phenoxy) is 1. The van der Waals surface area contributed by atoms with Gasteiger partial charge >= 0.3 is 5.97 Å². The molecule has 2 aromatic rings. The summed E-state index contributed by atoms with van der Waals surface area (Å²) in [6.45, 7) is 4.16. The third-order valence-corrected chi connectivity index (χ3v) is 3.39. The van der Waals surface area contributed by atoms with Crippen LogP contribution in [0.25, 0.3) is 0 Å². The molecule has 0 N–H and O–H groups in total. The molecule has 0 bridgehead atoms. The van der Waals surface area contributed by atoms with Crippen molar-refractivity contribution >= 4 is 11.7 Å². The van der Waals surface area contributed by atoms with Crippen molar-refractivity contribution in [2.75, 3.05) is 6.61 Å². The van der Waals surface area contributed by atoms with Crippen LogP contribution >= 0.6 is 0 Å². The van der Waals surface area contributed by atoms with Gasteiger partial charge in [-0.25, -0.2) is 4.79 Å². The first-order valence-corrected chi connectivity index (χ1v) is 7.16. The van der Waals surface area contributed by atoms with Gasteiger partial charge in [0, 0.05) is 12.6 Å². The van der Waals surface area contributed by atoms with E-state index in [2.05, 4.69) is 0 Å². The molecule has 22 heavy (non-hydrogen) atoms. The van der Waals surface area contributed by atoms with E-state index in [1.54, 1.807) is 11.5 Å². The number of hydrogen-bond donors (Lipinski definition) is 0. The molecule has 0 aliphatic rings. The predicted octanol–water partition coefficient (Wildman–Crippen LogP) is 3.18. The van der Waals surface area contributed by atoms with Crippen molar-refractivity contribution in [3.8, 4) is 0 Å². The van der Waals surface area contributed by atoms with Crippen LogP contribution in [0.1, 0.15) is 35.6 Å². The smallest absolute Gasteiger partial charge is 0.355 e. The zero-order valence-electron chi connectivity index (χ0n) is 12.6. The molecule has 1 aromatic heterocycles. The van der Waals surface area contributed by atoms with Crippen LogP contribution in [-0.2, 0) is 17.7 Å². The Kier molecular flexibility index (Phi) is 4.93. The molecule has 2 rings (SSSR count). The molecule has 0 amide bonds. The van der Waals surface area contributed by atoms with Gasteiger partial charge in [0.1, 0.15) is 5.69 Å². The van der Waals surface area contributed by atoms with Crippen molar-refractivity contribution in [2.45, 2.75) is 26.8 Å². The molecule has 0 atom stereocenters. The van der Waals surface area contributed by atoms with Crippen LogP contribution in [-0.4, -0.2) is 22.1 Å². The number of esters is 1. The highest BCUT2D eigenvalue weighted by molar-refractivity contribution is 5.89. The van der Waals surface area contributed by atoms with Gasteiger partial charge < -0.3 is 9.30 Å². The molecule has 0 saturated carbocycles. The number of nitrogens with zero attached hydrogens (tertiary/aromatic N) is 2. The number of nitro groups is 1. The molecule has 0 radical (unpaired) electrons. The molecule has 0 aliphatic heterocycles. The first-order valence-electron chi connectivity index (χ1n) is 7.16. The fourth-order valence-electron chi connectivity index (χ4n) is 2.43. The Labute approximate surface area is 128 Å². The maximum Gasteiger partial charge on any atom is 0.355 e. The molecule has 116 valence electrons. The lowest BCUT2D eigenvalue weighted by Crippen LogP contribution is -2.14. The third kappa shape index (κ3) is 3.16. The van der Waals surface area contributed by atoms with E-state index in [1.165, 1.54) is 6.07 Å². The average Bonchev–Trinajstić information content (AvgIpc) is 2.87. The zero-order chi connectivity index (χ0) is 16.1. The summed E-state index contributed by atoms with van der Waals surface area (Å²) >= 11 is 0. The normalized spacial score (nSPS) is 10.5. The Morgan fingerprint density at radius 3 is 2.50 bits per heavy atom. The maximum absolute atomic E-state index is 12.1. The molecule has 1 heterocycles. The summed E-state index contributed by atoms with van der Waals surface area (Å²) in [4.78, 5) is 22.9. The second-order valence-corrected chi connectivity index (χ2v) is 4.76. The van der Waals surface area contributed by atoms with Crippen molar-refractivity contribution in [1.82, 2.24) is 4.57 Å². The number of rotatable bonds is 6. The van der Waals surface area contributed by atoms with Crippen molar-refractivity contribution < 1.29 is 14.5 Å². The molecule has 0 aliphatic carbocycles. The fraction of sp³-hybridized carbons (Fsp3) is 0.312.